The summed E-state index contributed by atoms with van der Waals surface area (Å²) >= 11 is 0. The molecule has 1 rings (SSSR count). The minimum atomic E-state index is 0. The van der Waals surface area contributed by atoms with E-state index in [1.165, 1.54) is 25.0 Å². The topological polar surface area (TPSA) is 3.24 Å². The van der Waals surface area contributed by atoms with Crippen LogP contribution >= 0.6 is 0 Å². The zero-order valence-electron chi connectivity index (χ0n) is 8.48. The third-order valence-corrected chi connectivity index (χ3v) is 1.56. The Labute approximate surface area is 66.2 Å². The summed E-state index contributed by atoms with van der Waals surface area (Å²) in [7, 11) is 2.14. The predicted octanol–water partition coefficient (Wildman–Crippen LogP) is 2.41. The Bertz CT molecular complexity index is 102. The molecule has 0 amide bonds. The van der Waals surface area contributed by atoms with Gasteiger partial charge in [0.1, 0.15) is 0 Å². The smallest absolute Gasteiger partial charge is 0.0187 e. The van der Waals surface area contributed by atoms with E-state index in [9.17, 15) is 0 Å². The average molecular weight is 142 g/mol. The normalized spacial score (nSPS) is 19.7. The van der Waals surface area contributed by atoms with Gasteiger partial charge in [0.05, 0.1) is 0 Å². The minimum absolute atomic E-state index is 0. The van der Waals surface area contributed by atoms with Crippen LogP contribution in [-0.2, 0) is 0 Å². The van der Waals surface area contributed by atoms with Crippen LogP contribution in [0.15, 0.2) is 12.2 Å². The van der Waals surface area contributed by atoms with Gasteiger partial charge >= 0.3 is 0 Å². The zero-order chi connectivity index (χ0) is 7.98. The van der Waals surface area contributed by atoms with Crippen molar-refractivity contribution in [3.05, 3.63) is 12.2 Å². The van der Waals surface area contributed by atoms with Gasteiger partial charge in [0, 0.05) is 7.97 Å². The van der Waals surface area contributed by atoms with Gasteiger partial charge in [-0.3, -0.25) is 0 Å². The predicted molar refractivity (Wildman–Crippen MR) is 48.3 cm³/mol. The molecule has 1 heterocycles. The quantitative estimate of drug-likeness (QED) is 0.469. The second-order valence-corrected chi connectivity index (χ2v) is 2.59. The van der Waals surface area contributed by atoms with Gasteiger partial charge < -0.3 is 4.90 Å². The lowest BCUT2D eigenvalue weighted by Gasteiger charge is -2.23. The van der Waals surface area contributed by atoms with E-state index in [-0.39, 0.29) is 1.43 Å². The average Bonchev–Trinajstić information content (AvgIpc) is 1.91. The summed E-state index contributed by atoms with van der Waals surface area (Å²) < 4.78 is 0. The molecule has 1 aliphatic rings. The fourth-order valence-electron chi connectivity index (χ4n) is 1.14. The lowest BCUT2D eigenvalue weighted by Crippen LogP contribution is -2.26. The van der Waals surface area contributed by atoms with E-state index < -0.39 is 0 Å². The van der Waals surface area contributed by atoms with Crippen molar-refractivity contribution in [2.24, 2.45) is 0 Å². The molecular formula is C9H20N. The first-order valence-corrected chi connectivity index (χ1v) is 4.14. The van der Waals surface area contributed by atoms with Gasteiger partial charge in [0.25, 0.3) is 0 Å². The first-order chi connectivity index (χ1) is 4.79. The fraction of sp³-hybridized carbons (Fsp3) is 0.778. The highest BCUT2D eigenvalue weighted by Crippen LogP contribution is 2.10. The Balaban J connectivity index is 0. The van der Waals surface area contributed by atoms with Crippen LogP contribution in [0.4, 0.5) is 0 Å². The van der Waals surface area contributed by atoms with Crippen LogP contribution in [0, 0.1) is 0 Å². The molecule has 0 aliphatic carbocycles. The van der Waals surface area contributed by atoms with Crippen LogP contribution in [-0.4, -0.2) is 25.0 Å². The molecule has 1 aliphatic heterocycles. The molecule has 0 spiro atoms. The minimum Gasteiger partial charge on any atom is -0.302 e. The van der Waals surface area contributed by atoms with E-state index in [0.29, 0.717) is 0 Å². The molecule has 10 heavy (non-hydrogen) atoms. The fourth-order valence-corrected chi connectivity index (χ4v) is 1.14. The molecule has 0 aromatic carbocycles. The summed E-state index contributed by atoms with van der Waals surface area (Å²) in [6.07, 6.45) is 2.54. The van der Waals surface area contributed by atoms with Crippen LogP contribution in [0.3, 0.4) is 0 Å². The lowest BCUT2D eigenvalue weighted by molar-refractivity contribution is 0.323. The number of nitrogens with zero attached hydrogens (tertiary/aromatic N) is 1. The van der Waals surface area contributed by atoms with Crippen LogP contribution in [0.2, 0.25) is 0 Å². The molecule has 0 saturated carbocycles. The van der Waals surface area contributed by atoms with Gasteiger partial charge in [-0.25, -0.2) is 0 Å². The molecule has 1 heteroatoms. The first kappa shape index (κ1) is 9.70. The maximum absolute atomic E-state index is 3.92. The van der Waals surface area contributed by atoms with Crippen molar-refractivity contribution in [2.45, 2.75) is 26.7 Å². The summed E-state index contributed by atoms with van der Waals surface area (Å²) in [5.41, 5.74) is 1.39. The summed E-state index contributed by atoms with van der Waals surface area (Å²) in [6.45, 7) is 10.3. The molecule has 0 aromatic heterocycles. The maximum atomic E-state index is 3.92. The number of piperidine rings is 1. The Morgan fingerprint density at radius 2 is 2.10 bits per heavy atom. The molecule has 0 aromatic rings. The molecule has 0 N–H and O–H groups in total. The second-order valence-electron chi connectivity index (χ2n) is 2.59. The van der Waals surface area contributed by atoms with Crippen molar-refractivity contribution in [3.8, 4) is 0 Å². The van der Waals surface area contributed by atoms with Gasteiger partial charge in [-0.2, -0.15) is 0 Å². The van der Waals surface area contributed by atoms with Gasteiger partial charge in [0.15, 0.2) is 0 Å². The number of likely N-dealkylation sites (N-methyl/N-ethyl adjacent to an activating group) is 1. The summed E-state index contributed by atoms with van der Waals surface area (Å²) in [4.78, 5) is 2.31. The zero-order valence-corrected chi connectivity index (χ0v) is 7.48. The van der Waals surface area contributed by atoms with Gasteiger partial charge in [0.2, 0.25) is 0 Å². The molecule has 0 unspecified atom stereocenters. The molecule has 1 fully saturated rings. The lowest BCUT2D eigenvalue weighted by atomic mass is 10.1. The maximum Gasteiger partial charge on any atom is 0.0187 e. The van der Waals surface area contributed by atoms with Crippen molar-refractivity contribution >= 4 is 0 Å². The highest BCUT2D eigenvalue weighted by Gasteiger charge is 2.06. The van der Waals surface area contributed by atoms with Crippen molar-refractivity contribution in [1.29, 1.82) is 0 Å². The molecule has 0 bridgehead atoms. The summed E-state index contributed by atoms with van der Waals surface area (Å²) in [5.74, 6) is 0. The van der Waals surface area contributed by atoms with Crippen molar-refractivity contribution in [1.82, 2.24) is 4.90 Å². The van der Waals surface area contributed by atoms with Crippen molar-refractivity contribution in [3.63, 3.8) is 0 Å². The van der Waals surface area contributed by atoms with Crippen LogP contribution < -0.4 is 0 Å². The SMILES string of the molecule is C=C1CCCN(C)C1.CC.[H]. The van der Waals surface area contributed by atoms with Gasteiger partial charge in [-0.1, -0.05) is 26.0 Å². The van der Waals surface area contributed by atoms with E-state index in [4.69, 9.17) is 0 Å². The molecule has 1 radical (unpaired) electrons. The second kappa shape index (κ2) is 5.48. The van der Waals surface area contributed by atoms with Crippen molar-refractivity contribution < 1.29 is 1.43 Å². The van der Waals surface area contributed by atoms with E-state index in [2.05, 4.69) is 18.5 Å². The molecule has 61 valence electrons. The van der Waals surface area contributed by atoms with E-state index in [0.717, 1.165) is 6.54 Å². The number of rotatable bonds is 0. The van der Waals surface area contributed by atoms with E-state index in [1.807, 2.05) is 13.8 Å². The monoisotopic (exact) mass is 142 g/mol. The summed E-state index contributed by atoms with van der Waals surface area (Å²) in [5, 5.41) is 0. The van der Waals surface area contributed by atoms with Crippen LogP contribution in [0.25, 0.3) is 0 Å². The molecule has 1 nitrogen and oxygen atoms in total. The van der Waals surface area contributed by atoms with Crippen molar-refractivity contribution in [2.75, 3.05) is 20.1 Å². The largest absolute Gasteiger partial charge is 0.302 e. The molecular weight excluding hydrogens is 122 g/mol. The third-order valence-electron chi connectivity index (χ3n) is 1.56. The van der Waals surface area contributed by atoms with E-state index in [1.54, 1.807) is 0 Å². The van der Waals surface area contributed by atoms with Gasteiger partial charge in [-0.15, -0.1) is 0 Å². The van der Waals surface area contributed by atoms with E-state index >= 15 is 0 Å². The molecule has 0 atom stereocenters. The third kappa shape index (κ3) is 3.67. The summed E-state index contributed by atoms with van der Waals surface area (Å²) in [6, 6.07) is 0. The first-order valence-electron chi connectivity index (χ1n) is 4.14. The Kier molecular flexibility index (Phi) is 5.32. The standard InChI is InChI=1S/C7H13N.C2H6.H/c1-7-4-3-5-8(2)6-7;1-2;/h1,3-6H2,2H3;1-2H3;. The highest BCUT2D eigenvalue weighted by molar-refractivity contribution is 4.99. The Morgan fingerprint density at radius 3 is 2.40 bits per heavy atom. The van der Waals surface area contributed by atoms with Crippen LogP contribution in [0.5, 0.6) is 0 Å². The Morgan fingerprint density at radius 1 is 1.50 bits per heavy atom. The van der Waals surface area contributed by atoms with Gasteiger partial charge in [-0.05, 0) is 26.4 Å². The number of hydrogen-bond acceptors (Lipinski definition) is 1. The Hall–Kier alpha value is -0.300. The number of likely N-dealkylation sites (tertiary alicyclic amines) is 1. The number of hydrogen-bond donors (Lipinski definition) is 0. The molecule has 1 saturated heterocycles. The van der Waals surface area contributed by atoms with Crippen LogP contribution in [0.1, 0.15) is 28.1 Å². The highest BCUT2D eigenvalue weighted by atomic mass is 15.1.